The molecule has 0 aromatic rings. The maximum absolute atomic E-state index is 5.74. The van der Waals surface area contributed by atoms with Crippen molar-refractivity contribution < 1.29 is 24.0 Å². The molecule has 0 aromatic carbocycles. The Morgan fingerprint density at radius 2 is 1.57 bits per heavy atom. The first kappa shape index (κ1) is 20.8. The zero-order valence-electron chi connectivity index (χ0n) is 14.7. The van der Waals surface area contributed by atoms with Crippen LogP contribution < -0.4 is 0 Å². The molecule has 0 radical (unpaired) electrons. The quantitative estimate of drug-likeness (QED) is 0.222. The van der Waals surface area contributed by atoms with Crippen LogP contribution in [0.4, 0.5) is 0 Å². The van der Waals surface area contributed by atoms with E-state index < -0.39 is 5.97 Å². The van der Waals surface area contributed by atoms with Gasteiger partial charge in [0.1, 0.15) is 0 Å². The summed E-state index contributed by atoms with van der Waals surface area (Å²) in [6.45, 7) is 11.7. The summed E-state index contributed by atoms with van der Waals surface area (Å²) in [5.41, 5.74) is -0.256. The number of rotatable bonds is 13. The van der Waals surface area contributed by atoms with Gasteiger partial charge in [0.05, 0.1) is 18.8 Å². The average molecular weight is 306 g/mol. The highest BCUT2D eigenvalue weighted by Crippen LogP contribution is 2.23. The van der Waals surface area contributed by atoms with Crippen LogP contribution >= 0.6 is 0 Å². The molecule has 0 rings (SSSR count). The summed E-state index contributed by atoms with van der Waals surface area (Å²) >= 11 is 0. The van der Waals surface area contributed by atoms with Gasteiger partial charge in [-0.25, -0.2) is 9.78 Å². The molecular weight excluding hydrogens is 272 g/mol. The first-order valence-electron chi connectivity index (χ1n) is 8.03. The lowest BCUT2D eigenvalue weighted by atomic mass is 10.2. The van der Waals surface area contributed by atoms with Crippen molar-refractivity contribution in [2.45, 2.75) is 78.3 Å². The Morgan fingerprint density at radius 1 is 0.857 bits per heavy atom. The van der Waals surface area contributed by atoms with Gasteiger partial charge >= 0.3 is 0 Å². The summed E-state index contributed by atoms with van der Waals surface area (Å²) in [5.74, 6) is -0.895. The van der Waals surface area contributed by atoms with Crippen molar-refractivity contribution in [3.05, 3.63) is 0 Å². The van der Waals surface area contributed by atoms with Crippen LogP contribution in [0.15, 0.2) is 0 Å². The third-order valence-electron chi connectivity index (χ3n) is 2.72. The standard InChI is InChI=1S/C16H34O5/c1-7-13-19-16(17-6,18-8-2)12-10-9-11-14-20-21-15(3,4)5/h7-14H2,1-6H3. The van der Waals surface area contributed by atoms with E-state index in [4.69, 9.17) is 24.0 Å². The van der Waals surface area contributed by atoms with Gasteiger partial charge in [0.15, 0.2) is 0 Å². The average Bonchev–Trinajstić information content (AvgIpc) is 2.42. The van der Waals surface area contributed by atoms with E-state index in [1.807, 2.05) is 27.7 Å². The molecule has 5 heteroatoms. The zero-order chi connectivity index (χ0) is 16.2. The highest BCUT2D eigenvalue weighted by molar-refractivity contribution is 4.58. The molecule has 0 saturated heterocycles. The van der Waals surface area contributed by atoms with Crippen molar-refractivity contribution in [1.29, 1.82) is 0 Å². The van der Waals surface area contributed by atoms with E-state index in [1.54, 1.807) is 7.11 Å². The second-order valence-corrected chi connectivity index (χ2v) is 6.00. The van der Waals surface area contributed by atoms with Crippen LogP contribution in [-0.2, 0) is 24.0 Å². The fourth-order valence-corrected chi connectivity index (χ4v) is 1.78. The van der Waals surface area contributed by atoms with Crippen molar-refractivity contribution in [1.82, 2.24) is 0 Å². The van der Waals surface area contributed by atoms with Gasteiger partial charge in [-0.3, -0.25) is 0 Å². The second kappa shape index (κ2) is 11.4. The van der Waals surface area contributed by atoms with Crippen molar-refractivity contribution in [2.24, 2.45) is 0 Å². The van der Waals surface area contributed by atoms with Crippen LogP contribution in [0.3, 0.4) is 0 Å². The van der Waals surface area contributed by atoms with Gasteiger partial charge in [0, 0.05) is 20.1 Å². The lowest BCUT2D eigenvalue weighted by Crippen LogP contribution is -2.38. The van der Waals surface area contributed by atoms with Gasteiger partial charge in [-0.05, 0) is 47.0 Å². The van der Waals surface area contributed by atoms with Crippen molar-refractivity contribution >= 4 is 0 Å². The summed E-state index contributed by atoms with van der Waals surface area (Å²) in [5, 5.41) is 0. The SMILES string of the molecule is CCCOC(CCCCCOOC(C)(C)C)(OC)OCC. The molecule has 0 fully saturated rings. The van der Waals surface area contributed by atoms with Gasteiger partial charge in [0.25, 0.3) is 5.97 Å². The molecule has 0 spiro atoms. The smallest absolute Gasteiger partial charge is 0.282 e. The minimum absolute atomic E-state index is 0.256. The maximum Gasteiger partial charge on any atom is 0.282 e. The molecule has 1 unspecified atom stereocenters. The molecule has 21 heavy (non-hydrogen) atoms. The Labute approximate surface area is 130 Å². The number of hydrogen-bond acceptors (Lipinski definition) is 5. The number of hydrogen-bond donors (Lipinski definition) is 0. The largest absolute Gasteiger partial charge is 0.331 e. The fraction of sp³-hybridized carbons (Fsp3) is 1.00. The molecule has 0 aliphatic heterocycles. The molecule has 0 aliphatic rings. The summed E-state index contributed by atoms with van der Waals surface area (Å²) in [4.78, 5) is 10.4. The van der Waals surface area contributed by atoms with E-state index in [9.17, 15) is 0 Å². The highest BCUT2D eigenvalue weighted by atomic mass is 17.2. The first-order valence-corrected chi connectivity index (χ1v) is 8.03. The number of ether oxygens (including phenoxy) is 3. The molecule has 5 nitrogen and oxygen atoms in total. The number of methoxy groups -OCH3 is 1. The van der Waals surface area contributed by atoms with E-state index in [2.05, 4.69) is 6.92 Å². The predicted molar refractivity (Wildman–Crippen MR) is 82.9 cm³/mol. The molecule has 0 saturated carbocycles. The molecule has 1 atom stereocenters. The predicted octanol–water partition coefficient (Wildman–Crippen LogP) is 4.06. The highest BCUT2D eigenvalue weighted by Gasteiger charge is 2.30. The zero-order valence-corrected chi connectivity index (χ0v) is 14.7. The normalized spacial score (nSPS) is 15.1. The van der Waals surface area contributed by atoms with Crippen molar-refractivity contribution in [3.63, 3.8) is 0 Å². The summed E-state index contributed by atoms with van der Waals surface area (Å²) in [7, 11) is 1.63. The number of unbranched alkanes of at least 4 members (excludes halogenated alkanes) is 2. The Hall–Kier alpha value is -0.200. The van der Waals surface area contributed by atoms with Crippen LogP contribution in [-0.4, -0.2) is 38.5 Å². The molecule has 128 valence electrons. The van der Waals surface area contributed by atoms with E-state index in [-0.39, 0.29) is 5.60 Å². The van der Waals surface area contributed by atoms with Crippen LogP contribution in [0.1, 0.15) is 66.7 Å². The van der Waals surface area contributed by atoms with E-state index >= 15 is 0 Å². The Bertz CT molecular complexity index is 239. The van der Waals surface area contributed by atoms with Crippen LogP contribution in [0.2, 0.25) is 0 Å². The minimum atomic E-state index is -0.895. The lowest BCUT2D eigenvalue weighted by molar-refractivity contribution is -0.373. The molecule has 0 amide bonds. The molecule has 0 aliphatic carbocycles. The lowest BCUT2D eigenvalue weighted by Gasteiger charge is -2.31. The van der Waals surface area contributed by atoms with Gasteiger partial charge in [0.2, 0.25) is 0 Å². The van der Waals surface area contributed by atoms with Crippen molar-refractivity contribution in [2.75, 3.05) is 26.9 Å². The fourth-order valence-electron chi connectivity index (χ4n) is 1.78. The van der Waals surface area contributed by atoms with Gasteiger partial charge < -0.3 is 14.2 Å². The third kappa shape index (κ3) is 11.1. The maximum atomic E-state index is 5.74. The molecule has 0 heterocycles. The van der Waals surface area contributed by atoms with Crippen LogP contribution in [0.5, 0.6) is 0 Å². The first-order chi connectivity index (χ1) is 9.89. The van der Waals surface area contributed by atoms with Crippen LogP contribution in [0, 0.1) is 0 Å². The molecular formula is C16H34O5. The van der Waals surface area contributed by atoms with E-state index in [0.29, 0.717) is 19.8 Å². The Kier molecular flexibility index (Phi) is 11.3. The molecule has 0 N–H and O–H groups in total. The second-order valence-electron chi connectivity index (χ2n) is 6.00. The third-order valence-corrected chi connectivity index (χ3v) is 2.72. The van der Waals surface area contributed by atoms with Gasteiger partial charge in [-0.1, -0.05) is 13.3 Å². The summed E-state index contributed by atoms with van der Waals surface area (Å²) in [6, 6.07) is 0. The Morgan fingerprint density at radius 3 is 2.10 bits per heavy atom. The van der Waals surface area contributed by atoms with Gasteiger partial charge in [-0.15, -0.1) is 0 Å². The van der Waals surface area contributed by atoms with Crippen molar-refractivity contribution in [3.8, 4) is 0 Å². The molecule has 0 aromatic heterocycles. The minimum Gasteiger partial charge on any atom is -0.331 e. The molecule has 0 bridgehead atoms. The van der Waals surface area contributed by atoms with E-state index in [0.717, 1.165) is 32.1 Å². The Balaban J connectivity index is 3.87. The van der Waals surface area contributed by atoms with Crippen LogP contribution in [0.25, 0.3) is 0 Å². The monoisotopic (exact) mass is 306 g/mol. The van der Waals surface area contributed by atoms with Gasteiger partial charge in [-0.2, -0.15) is 0 Å². The summed E-state index contributed by atoms with van der Waals surface area (Å²) in [6.07, 6.45) is 4.57. The topological polar surface area (TPSA) is 46.2 Å². The summed E-state index contributed by atoms with van der Waals surface area (Å²) < 4.78 is 16.8. The van der Waals surface area contributed by atoms with E-state index in [1.165, 1.54) is 0 Å².